The maximum Gasteiger partial charge on any atom is 0.306 e. The highest BCUT2D eigenvalue weighted by molar-refractivity contribution is 5.77. The molecule has 364 valence electrons. The van der Waals surface area contributed by atoms with E-state index in [1.807, 2.05) is 48.6 Å². The van der Waals surface area contributed by atoms with Crippen LogP contribution in [0.3, 0.4) is 0 Å². The van der Waals surface area contributed by atoms with Crippen LogP contribution in [0.2, 0.25) is 0 Å². The van der Waals surface area contributed by atoms with Crippen molar-refractivity contribution in [3.8, 4) is 0 Å². The number of rotatable bonds is 47. The number of esters is 1. The molecule has 0 saturated carbocycles. The maximum absolute atomic E-state index is 13.2. The van der Waals surface area contributed by atoms with Gasteiger partial charge in [0.25, 0.3) is 0 Å². The molecule has 0 aromatic carbocycles. The van der Waals surface area contributed by atoms with Gasteiger partial charge in [0.2, 0.25) is 5.91 Å². The van der Waals surface area contributed by atoms with Gasteiger partial charge in [-0.05, 0) is 64.2 Å². The zero-order valence-electron chi connectivity index (χ0n) is 41.4. The minimum Gasteiger partial charge on any atom is -0.462 e. The van der Waals surface area contributed by atoms with Gasteiger partial charge in [0.15, 0.2) is 0 Å². The van der Waals surface area contributed by atoms with Gasteiger partial charge in [-0.25, -0.2) is 0 Å². The lowest BCUT2D eigenvalue weighted by atomic mass is 10.0. The van der Waals surface area contributed by atoms with Crippen LogP contribution in [0, 0.1) is 0 Å². The van der Waals surface area contributed by atoms with Crippen LogP contribution < -0.4 is 5.32 Å². The molecule has 3 N–H and O–H groups in total. The molecular weight excluding hydrogens is 779 g/mol. The summed E-state index contributed by atoms with van der Waals surface area (Å²) < 4.78 is 5.90. The molecule has 0 aliphatic rings. The number of unbranched alkanes of at least 4 members (excludes halogenated alkanes) is 27. The third-order valence-electron chi connectivity index (χ3n) is 11.9. The third kappa shape index (κ3) is 45.7. The summed E-state index contributed by atoms with van der Waals surface area (Å²) in [4.78, 5) is 26.1. The molecule has 0 radical (unpaired) electrons. The van der Waals surface area contributed by atoms with Crippen LogP contribution in [0.1, 0.15) is 252 Å². The average Bonchev–Trinajstić information content (AvgIpc) is 3.28. The Kier molecular flexibility index (Phi) is 48.1. The van der Waals surface area contributed by atoms with Crippen LogP contribution in [-0.4, -0.2) is 46.9 Å². The smallest absolute Gasteiger partial charge is 0.306 e. The number of aliphatic hydroxyl groups excluding tert-OH is 2. The predicted molar refractivity (Wildman–Crippen MR) is 273 cm³/mol. The number of hydrogen-bond donors (Lipinski definition) is 3. The summed E-state index contributed by atoms with van der Waals surface area (Å²) in [5.41, 5.74) is 0. The van der Waals surface area contributed by atoms with Gasteiger partial charge in [-0.3, -0.25) is 9.59 Å². The number of ether oxygens (including phenoxy) is 1. The highest BCUT2D eigenvalue weighted by Crippen LogP contribution is 2.17. The molecular formula is C57H101NO5. The molecule has 1 amide bonds. The fourth-order valence-electron chi connectivity index (χ4n) is 7.86. The molecule has 0 bridgehead atoms. The first-order valence-electron chi connectivity index (χ1n) is 26.7. The number of hydrogen-bond acceptors (Lipinski definition) is 5. The SMILES string of the molecule is CC/C=C/C=C/C=C\C=C/C=C/CCCC(CC(=O)NC(CO)C(O)CCCCCCCCCCCCCCCCCC)OC(=O)CCCCCCCCC/C=C\CCCCCC. The predicted octanol–water partition coefficient (Wildman–Crippen LogP) is 16.2. The Morgan fingerprint density at radius 3 is 1.38 bits per heavy atom. The standard InChI is InChI=1S/C57H101NO5/c1-4-7-10-13-16-19-22-25-27-29-31-34-37-40-43-46-49-55(60)54(52-59)58-56(61)51-53(48-45-42-39-36-33-30-24-21-18-15-12-9-6-3)63-57(62)50-47-44-41-38-35-32-28-26-23-20-17-14-11-8-5-2/h9,12,15,18,20-21,23-24,30,33,36,39,53-55,59-60H,4-8,10-11,13-14,16-17,19,22,25-29,31-32,34-35,37-38,40-52H2,1-3H3,(H,58,61)/b12-9+,18-15+,23-20-,24-21-,33-30-,39-36+. The molecule has 0 rings (SSSR count). The Labute approximate surface area is 390 Å². The van der Waals surface area contributed by atoms with Gasteiger partial charge in [0.1, 0.15) is 6.10 Å². The minimum atomic E-state index is -0.810. The summed E-state index contributed by atoms with van der Waals surface area (Å²) in [5, 5.41) is 23.8. The summed E-state index contributed by atoms with van der Waals surface area (Å²) in [5.74, 6) is -0.550. The number of aliphatic hydroxyl groups is 2. The van der Waals surface area contributed by atoms with Gasteiger partial charge >= 0.3 is 5.97 Å². The van der Waals surface area contributed by atoms with Gasteiger partial charge in [0.05, 0.1) is 25.2 Å². The number of carbonyl (C=O) groups excluding carboxylic acids is 2. The molecule has 0 aromatic rings. The van der Waals surface area contributed by atoms with E-state index in [-0.39, 0.29) is 24.9 Å². The topological polar surface area (TPSA) is 95.9 Å². The fraction of sp³-hybridized carbons (Fsp3) is 0.754. The second-order valence-electron chi connectivity index (χ2n) is 18.0. The summed E-state index contributed by atoms with van der Waals surface area (Å²) in [6.45, 7) is 6.32. The number of amides is 1. The maximum atomic E-state index is 13.2. The van der Waals surface area contributed by atoms with Gasteiger partial charge in [-0.1, -0.05) is 248 Å². The lowest BCUT2D eigenvalue weighted by Crippen LogP contribution is -2.46. The molecule has 3 unspecified atom stereocenters. The van der Waals surface area contributed by atoms with Gasteiger partial charge < -0.3 is 20.3 Å². The van der Waals surface area contributed by atoms with Crippen molar-refractivity contribution in [1.82, 2.24) is 5.32 Å². The van der Waals surface area contributed by atoms with E-state index in [0.717, 1.165) is 57.8 Å². The highest BCUT2D eigenvalue weighted by Gasteiger charge is 2.24. The van der Waals surface area contributed by atoms with E-state index >= 15 is 0 Å². The molecule has 6 nitrogen and oxygen atoms in total. The van der Waals surface area contributed by atoms with E-state index in [2.05, 4.69) is 50.4 Å². The molecule has 0 heterocycles. The van der Waals surface area contributed by atoms with Crippen molar-refractivity contribution in [2.75, 3.05) is 6.61 Å². The average molecular weight is 880 g/mol. The van der Waals surface area contributed by atoms with Crippen molar-refractivity contribution in [2.24, 2.45) is 0 Å². The van der Waals surface area contributed by atoms with Crippen LogP contribution in [-0.2, 0) is 14.3 Å². The zero-order chi connectivity index (χ0) is 45.9. The molecule has 3 atom stereocenters. The summed E-state index contributed by atoms with van der Waals surface area (Å²) in [6, 6.07) is -0.728. The number of allylic oxidation sites excluding steroid dienone is 12. The van der Waals surface area contributed by atoms with Crippen LogP contribution in [0.25, 0.3) is 0 Å². The first kappa shape index (κ1) is 60.3. The Morgan fingerprint density at radius 2 is 0.889 bits per heavy atom. The van der Waals surface area contributed by atoms with Crippen molar-refractivity contribution >= 4 is 11.9 Å². The summed E-state index contributed by atoms with van der Waals surface area (Å²) >= 11 is 0. The monoisotopic (exact) mass is 880 g/mol. The molecule has 63 heavy (non-hydrogen) atoms. The largest absolute Gasteiger partial charge is 0.462 e. The normalized spacial score (nSPS) is 13.8. The van der Waals surface area contributed by atoms with E-state index in [1.54, 1.807) is 0 Å². The Bertz CT molecular complexity index is 1170. The molecule has 0 spiro atoms. The molecule has 0 fully saturated rings. The van der Waals surface area contributed by atoms with Crippen molar-refractivity contribution in [1.29, 1.82) is 0 Å². The Hall–Kier alpha value is -2.70. The lowest BCUT2D eigenvalue weighted by molar-refractivity contribution is -0.151. The van der Waals surface area contributed by atoms with Crippen LogP contribution in [0.4, 0.5) is 0 Å². The van der Waals surface area contributed by atoms with Crippen LogP contribution in [0.5, 0.6) is 0 Å². The second-order valence-corrected chi connectivity index (χ2v) is 18.0. The zero-order valence-corrected chi connectivity index (χ0v) is 41.4. The van der Waals surface area contributed by atoms with Crippen molar-refractivity contribution < 1.29 is 24.5 Å². The number of carbonyl (C=O) groups is 2. The van der Waals surface area contributed by atoms with Crippen LogP contribution in [0.15, 0.2) is 72.9 Å². The lowest BCUT2D eigenvalue weighted by Gasteiger charge is -2.24. The summed E-state index contributed by atoms with van der Waals surface area (Å²) in [7, 11) is 0. The first-order chi connectivity index (χ1) is 31.0. The second kappa shape index (κ2) is 50.3. The first-order valence-corrected chi connectivity index (χ1v) is 26.7. The Balaban J connectivity index is 4.62. The quantitative estimate of drug-likeness (QED) is 0.0245. The molecule has 0 saturated heterocycles. The van der Waals surface area contributed by atoms with Crippen LogP contribution >= 0.6 is 0 Å². The van der Waals surface area contributed by atoms with Gasteiger partial charge in [0, 0.05) is 6.42 Å². The van der Waals surface area contributed by atoms with E-state index in [9.17, 15) is 19.8 Å². The van der Waals surface area contributed by atoms with E-state index in [4.69, 9.17) is 4.74 Å². The van der Waals surface area contributed by atoms with E-state index in [1.165, 1.54) is 148 Å². The van der Waals surface area contributed by atoms with Crippen molar-refractivity contribution in [3.63, 3.8) is 0 Å². The van der Waals surface area contributed by atoms with Gasteiger partial charge in [-0.15, -0.1) is 0 Å². The third-order valence-corrected chi connectivity index (χ3v) is 11.9. The molecule has 0 aliphatic carbocycles. The highest BCUT2D eigenvalue weighted by atomic mass is 16.5. The molecule has 6 heteroatoms. The Morgan fingerprint density at radius 1 is 0.476 bits per heavy atom. The summed E-state index contributed by atoms with van der Waals surface area (Å²) in [6.07, 6.45) is 64.0. The van der Waals surface area contributed by atoms with Gasteiger partial charge in [-0.2, -0.15) is 0 Å². The van der Waals surface area contributed by atoms with Crippen molar-refractivity contribution in [2.45, 2.75) is 270 Å². The van der Waals surface area contributed by atoms with Crippen molar-refractivity contribution in [3.05, 3.63) is 72.9 Å². The van der Waals surface area contributed by atoms with E-state index < -0.39 is 18.2 Å². The fourth-order valence-corrected chi connectivity index (χ4v) is 7.86. The number of nitrogens with one attached hydrogen (secondary N) is 1. The minimum absolute atomic E-state index is 0.0252. The van der Waals surface area contributed by atoms with E-state index in [0.29, 0.717) is 19.3 Å². The molecule has 0 aliphatic heterocycles. The molecule has 0 aromatic heterocycles.